The van der Waals surface area contributed by atoms with Crippen molar-refractivity contribution in [1.82, 2.24) is 15.6 Å². The number of rotatable bonds is 9. The summed E-state index contributed by atoms with van der Waals surface area (Å²) in [5.41, 5.74) is 2.37. The molecule has 5 nitrogen and oxygen atoms in total. The fourth-order valence-corrected chi connectivity index (χ4v) is 3.23. The van der Waals surface area contributed by atoms with Crippen LogP contribution in [0.25, 0.3) is 0 Å². The van der Waals surface area contributed by atoms with Gasteiger partial charge in [-0.2, -0.15) is 0 Å². The fraction of sp³-hybridized carbons (Fsp3) is 0.429. The average Bonchev–Trinajstić information content (AvgIpc) is 3.15. The molecule has 7 heteroatoms. The Hall–Kier alpha value is -1.79. The van der Waals surface area contributed by atoms with Crippen molar-refractivity contribution in [2.24, 2.45) is 4.99 Å². The summed E-state index contributed by atoms with van der Waals surface area (Å²) in [5.74, 6) is 4.52. The molecule has 0 bridgehead atoms. The van der Waals surface area contributed by atoms with E-state index in [-0.39, 0.29) is 24.0 Å². The number of thiazole rings is 1. The molecule has 1 heterocycles. The number of aromatic nitrogens is 1. The molecule has 0 aliphatic carbocycles. The molecule has 0 fully saturated rings. The van der Waals surface area contributed by atoms with Gasteiger partial charge in [0.15, 0.2) is 5.96 Å². The van der Waals surface area contributed by atoms with E-state index in [0.717, 1.165) is 41.9 Å². The number of hydrogen-bond acceptors (Lipinski definition) is 4. The van der Waals surface area contributed by atoms with Gasteiger partial charge >= 0.3 is 0 Å². The Balaban J connectivity index is 0.00000392. The van der Waals surface area contributed by atoms with Gasteiger partial charge in [-0.05, 0) is 37.0 Å². The van der Waals surface area contributed by atoms with Gasteiger partial charge in [0.05, 0.1) is 12.2 Å². The van der Waals surface area contributed by atoms with Gasteiger partial charge in [-0.25, -0.2) is 9.98 Å². The highest BCUT2D eigenvalue weighted by atomic mass is 127. The largest absolute Gasteiger partial charge is 0.481 e. The van der Waals surface area contributed by atoms with Crippen LogP contribution in [0.1, 0.15) is 43.0 Å². The van der Waals surface area contributed by atoms with E-state index in [9.17, 15) is 0 Å². The van der Waals surface area contributed by atoms with E-state index >= 15 is 0 Å². The number of terminal acetylenes is 1. The molecule has 0 amide bonds. The zero-order valence-corrected chi connectivity index (χ0v) is 19.8. The Kier molecular flexibility index (Phi) is 11.6. The van der Waals surface area contributed by atoms with Gasteiger partial charge < -0.3 is 15.4 Å². The van der Waals surface area contributed by atoms with Crippen LogP contribution in [0.4, 0.5) is 0 Å². The molecule has 2 aromatic rings. The molecular formula is C21H29IN4OS. The Labute approximate surface area is 189 Å². The van der Waals surface area contributed by atoms with E-state index in [1.165, 1.54) is 5.56 Å². The van der Waals surface area contributed by atoms with Gasteiger partial charge in [-0.15, -0.1) is 41.7 Å². The minimum atomic E-state index is 0. The molecule has 0 unspecified atom stereocenters. The predicted molar refractivity (Wildman–Crippen MR) is 129 cm³/mol. The summed E-state index contributed by atoms with van der Waals surface area (Å²) in [6.45, 7) is 8.87. The van der Waals surface area contributed by atoms with Gasteiger partial charge in [-0.1, -0.05) is 31.9 Å². The standard InChI is InChI=1S/C21H28N4OS.HI/c1-5-13-26-18-9-7-17(8-10-18)11-12-23-21(22-6-2)24-14-20-25-19(15-27-20)16(3)4;/h1,7-10,15-16H,6,11-14H2,2-4H3,(H2,22,23,24);1H. The Morgan fingerprint density at radius 2 is 2.04 bits per heavy atom. The van der Waals surface area contributed by atoms with E-state index in [2.05, 4.69) is 64.8 Å². The lowest BCUT2D eigenvalue weighted by Gasteiger charge is -2.11. The van der Waals surface area contributed by atoms with Crippen molar-refractivity contribution in [2.75, 3.05) is 19.7 Å². The lowest BCUT2D eigenvalue weighted by molar-refractivity contribution is 0.370. The molecule has 28 heavy (non-hydrogen) atoms. The number of nitrogens with zero attached hydrogens (tertiary/aromatic N) is 2. The normalized spacial score (nSPS) is 10.9. The molecular weight excluding hydrogens is 483 g/mol. The summed E-state index contributed by atoms with van der Waals surface area (Å²) in [6.07, 6.45) is 6.09. The van der Waals surface area contributed by atoms with Crippen LogP contribution in [0.3, 0.4) is 0 Å². The van der Waals surface area contributed by atoms with Crippen molar-refractivity contribution in [2.45, 2.75) is 39.7 Å². The Morgan fingerprint density at radius 1 is 1.29 bits per heavy atom. The summed E-state index contributed by atoms with van der Waals surface area (Å²) in [5, 5.41) is 9.81. The van der Waals surface area contributed by atoms with Crippen LogP contribution in [0, 0.1) is 12.3 Å². The zero-order chi connectivity index (χ0) is 19.5. The lowest BCUT2D eigenvalue weighted by atomic mass is 10.1. The monoisotopic (exact) mass is 512 g/mol. The van der Waals surface area contributed by atoms with Crippen LogP contribution in [-0.2, 0) is 13.0 Å². The molecule has 1 aromatic heterocycles. The predicted octanol–water partition coefficient (Wildman–Crippen LogP) is 4.19. The fourth-order valence-electron chi connectivity index (χ4n) is 2.35. The maximum Gasteiger partial charge on any atom is 0.191 e. The second kappa shape index (κ2) is 13.4. The molecule has 1 aromatic carbocycles. The second-order valence-corrected chi connectivity index (χ2v) is 7.27. The first-order valence-electron chi connectivity index (χ1n) is 9.24. The van der Waals surface area contributed by atoms with Crippen LogP contribution in [0.15, 0.2) is 34.6 Å². The van der Waals surface area contributed by atoms with Crippen molar-refractivity contribution < 1.29 is 4.74 Å². The molecule has 0 aliphatic heterocycles. The van der Waals surface area contributed by atoms with Gasteiger partial charge in [0.2, 0.25) is 0 Å². The number of halogens is 1. The first kappa shape index (κ1) is 24.2. The van der Waals surface area contributed by atoms with Crippen molar-refractivity contribution in [3.05, 3.63) is 45.9 Å². The highest BCUT2D eigenvalue weighted by molar-refractivity contribution is 14.0. The quantitative estimate of drug-likeness (QED) is 0.229. The molecule has 0 saturated carbocycles. The zero-order valence-electron chi connectivity index (χ0n) is 16.7. The van der Waals surface area contributed by atoms with Crippen molar-refractivity contribution in [3.63, 3.8) is 0 Å². The highest BCUT2D eigenvalue weighted by Gasteiger charge is 2.05. The van der Waals surface area contributed by atoms with E-state index < -0.39 is 0 Å². The number of nitrogens with one attached hydrogen (secondary N) is 2. The summed E-state index contributed by atoms with van der Waals surface area (Å²) < 4.78 is 5.39. The van der Waals surface area contributed by atoms with Crippen LogP contribution in [0.5, 0.6) is 5.75 Å². The number of benzene rings is 1. The third-order valence-electron chi connectivity index (χ3n) is 3.83. The van der Waals surface area contributed by atoms with E-state index in [1.54, 1.807) is 11.3 Å². The van der Waals surface area contributed by atoms with Gasteiger partial charge in [0.1, 0.15) is 17.4 Å². The van der Waals surface area contributed by atoms with Gasteiger partial charge in [-0.3, -0.25) is 0 Å². The maximum absolute atomic E-state index is 5.39. The summed E-state index contributed by atoms with van der Waals surface area (Å²) in [7, 11) is 0. The van der Waals surface area contributed by atoms with Crippen LogP contribution >= 0.6 is 35.3 Å². The SMILES string of the molecule is C#CCOc1ccc(CCNC(=NCc2nc(C(C)C)cs2)NCC)cc1.I. The summed E-state index contributed by atoms with van der Waals surface area (Å²) >= 11 is 1.67. The first-order valence-corrected chi connectivity index (χ1v) is 10.1. The van der Waals surface area contributed by atoms with Crippen molar-refractivity contribution in [3.8, 4) is 18.1 Å². The first-order chi connectivity index (χ1) is 13.1. The molecule has 0 aliphatic rings. The topological polar surface area (TPSA) is 58.5 Å². The van der Waals surface area contributed by atoms with Crippen molar-refractivity contribution >= 4 is 41.3 Å². The number of ether oxygens (including phenoxy) is 1. The Bertz CT molecular complexity index is 765. The molecule has 152 valence electrons. The molecule has 0 saturated heterocycles. The smallest absolute Gasteiger partial charge is 0.191 e. The minimum Gasteiger partial charge on any atom is -0.481 e. The Morgan fingerprint density at radius 3 is 2.64 bits per heavy atom. The van der Waals surface area contributed by atoms with Crippen LogP contribution in [-0.4, -0.2) is 30.6 Å². The van der Waals surface area contributed by atoms with E-state index in [0.29, 0.717) is 19.1 Å². The molecule has 0 atom stereocenters. The van der Waals surface area contributed by atoms with Gasteiger partial charge in [0, 0.05) is 18.5 Å². The van der Waals surface area contributed by atoms with Crippen molar-refractivity contribution in [1.29, 1.82) is 0 Å². The lowest BCUT2D eigenvalue weighted by Crippen LogP contribution is -2.38. The second-order valence-electron chi connectivity index (χ2n) is 6.33. The third-order valence-corrected chi connectivity index (χ3v) is 4.68. The molecule has 2 N–H and O–H groups in total. The third kappa shape index (κ3) is 8.48. The number of guanidine groups is 1. The van der Waals surface area contributed by atoms with E-state index in [1.807, 2.05) is 12.1 Å². The number of hydrogen-bond donors (Lipinski definition) is 2. The highest BCUT2D eigenvalue weighted by Crippen LogP contribution is 2.18. The molecule has 2 rings (SSSR count). The summed E-state index contributed by atoms with van der Waals surface area (Å²) in [6, 6.07) is 8.00. The van der Waals surface area contributed by atoms with Gasteiger partial charge in [0.25, 0.3) is 0 Å². The van der Waals surface area contributed by atoms with E-state index in [4.69, 9.17) is 11.2 Å². The minimum absolute atomic E-state index is 0. The molecule has 0 spiro atoms. The van der Waals surface area contributed by atoms with Crippen LogP contribution in [0.2, 0.25) is 0 Å². The summed E-state index contributed by atoms with van der Waals surface area (Å²) in [4.78, 5) is 9.27. The maximum atomic E-state index is 5.39. The average molecular weight is 512 g/mol. The van der Waals surface area contributed by atoms with Crippen LogP contribution < -0.4 is 15.4 Å². The number of aliphatic imine (C=N–C) groups is 1. The molecule has 0 radical (unpaired) electrons.